The van der Waals surface area contributed by atoms with E-state index in [1.807, 2.05) is 38.3 Å². The molecule has 0 aliphatic rings. The molecule has 4 nitrogen and oxygen atoms in total. The first-order chi connectivity index (χ1) is 12.4. The molecule has 3 N–H and O–H groups in total. The Morgan fingerprint density at radius 1 is 1.04 bits per heavy atom. The van der Waals surface area contributed by atoms with Gasteiger partial charge in [0.05, 0.1) is 0 Å². The van der Waals surface area contributed by atoms with Crippen LogP contribution < -0.4 is 11.1 Å². The van der Waals surface area contributed by atoms with E-state index in [-0.39, 0.29) is 9.77 Å². The molecule has 2 aromatic rings. The third-order valence-electron chi connectivity index (χ3n) is 4.09. The van der Waals surface area contributed by atoms with E-state index < -0.39 is 30.8 Å². The van der Waals surface area contributed by atoms with E-state index in [1.54, 1.807) is 8.85 Å². The third-order valence-corrected chi connectivity index (χ3v) is 13.8. The van der Waals surface area contributed by atoms with Crippen molar-refractivity contribution >= 4 is 37.4 Å². The van der Waals surface area contributed by atoms with Crippen molar-refractivity contribution in [2.24, 2.45) is 11.7 Å². The number of benzene rings is 2. The summed E-state index contributed by atoms with van der Waals surface area (Å²) in [5, 5.41) is 2.87. The third kappa shape index (κ3) is 5.78. The van der Waals surface area contributed by atoms with Gasteiger partial charge >= 0.3 is 166 Å². The Kier molecular flexibility index (Phi) is 8.05. The molecule has 0 fully saturated rings. The summed E-state index contributed by atoms with van der Waals surface area (Å²) in [5.41, 5.74) is 8.92. The van der Waals surface area contributed by atoms with Crippen molar-refractivity contribution in [3.8, 4) is 11.1 Å². The number of amides is 2. The van der Waals surface area contributed by atoms with Crippen molar-refractivity contribution in [1.29, 1.82) is 0 Å². The molecule has 2 amide bonds. The van der Waals surface area contributed by atoms with Gasteiger partial charge in [0.25, 0.3) is 0 Å². The van der Waals surface area contributed by atoms with Gasteiger partial charge in [-0.25, -0.2) is 0 Å². The predicted octanol–water partition coefficient (Wildman–Crippen LogP) is 3.59. The van der Waals surface area contributed by atoms with Crippen LogP contribution >= 0.6 is 8.85 Å². The molecule has 0 aliphatic heterocycles. The summed E-state index contributed by atoms with van der Waals surface area (Å²) in [6.07, 6.45) is 1.98. The second-order valence-electron chi connectivity index (χ2n) is 6.36. The van der Waals surface area contributed by atoms with Crippen LogP contribution in [0, 0.1) is 5.92 Å². The molecular formula is C20H25N2O2SSb. The van der Waals surface area contributed by atoms with Gasteiger partial charge in [-0.05, 0) is 0 Å². The monoisotopic (exact) mass is 478 g/mol. The van der Waals surface area contributed by atoms with Gasteiger partial charge in [-0.15, -0.1) is 0 Å². The van der Waals surface area contributed by atoms with E-state index in [2.05, 4.69) is 41.7 Å². The summed E-state index contributed by atoms with van der Waals surface area (Å²) in [7, 11) is 1.66. The molecule has 2 rings (SSSR count). The zero-order valence-electron chi connectivity index (χ0n) is 15.3. The molecule has 26 heavy (non-hydrogen) atoms. The van der Waals surface area contributed by atoms with Crippen LogP contribution in [-0.4, -0.2) is 40.9 Å². The first-order valence-electron chi connectivity index (χ1n) is 8.48. The van der Waals surface area contributed by atoms with E-state index in [4.69, 9.17) is 5.73 Å². The van der Waals surface area contributed by atoms with Crippen LogP contribution in [0.5, 0.6) is 0 Å². The zero-order chi connectivity index (χ0) is 19.1. The number of primary amides is 1. The van der Waals surface area contributed by atoms with Gasteiger partial charge in [-0.1, -0.05) is 0 Å². The standard InChI is InChI=1S/C13H11.C6H11N2O2.CH4S.Sb/c1-11-7-9-13(10-8-11)12-5-3-2-4-6-12;1-4(2)5(6(7)10)8-3-9;1-2;/h2-10H,1H2;4-5H,1-2H3,(H2,7,10)(H,8,9);2H,1H3;/q;;;+1/p-1. The molecule has 1 unspecified atom stereocenters. The van der Waals surface area contributed by atoms with Gasteiger partial charge in [-0.2, -0.15) is 0 Å². The quantitative estimate of drug-likeness (QED) is 0.569. The average molecular weight is 479 g/mol. The van der Waals surface area contributed by atoms with Crippen molar-refractivity contribution in [2.45, 2.75) is 24.3 Å². The Bertz CT molecular complexity index is 735. The summed E-state index contributed by atoms with van der Waals surface area (Å²) < 4.78 is 0.819. The van der Waals surface area contributed by atoms with Gasteiger partial charge in [0.15, 0.2) is 0 Å². The van der Waals surface area contributed by atoms with Crippen LogP contribution in [0.1, 0.15) is 19.4 Å². The first kappa shape index (κ1) is 20.9. The second kappa shape index (κ2) is 10.0. The molecule has 0 aromatic heterocycles. The Labute approximate surface area is 165 Å². The maximum atomic E-state index is 12.6. The summed E-state index contributed by atoms with van der Waals surface area (Å²) in [6, 6.07) is 18.0. The summed E-state index contributed by atoms with van der Waals surface area (Å²) in [5.74, 6) is -0.479. The number of carbonyl (C=O) groups is 2. The molecule has 6 heteroatoms. The zero-order valence-corrected chi connectivity index (χ0v) is 18.7. The Morgan fingerprint density at radius 3 is 2.12 bits per heavy atom. The maximum absolute atomic E-state index is 12.6. The molecular weight excluding hydrogens is 454 g/mol. The van der Waals surface area contributed by atoms with E-state index in [0.29, 0.717) is 0 Å². The van der Waals surface area contributed by atoms with Crippen LogP contribution in [0.4, 0.5) is 4.79 Å². The molecule has 0 radical (unpaired) electrons. The molecule has 2 aromatic carbocycles. The van der Waals surface area contributed by atoms with Gasteiger partial charge < -0.3 is 0 Å². The number of carbonyl (C=O) groups excluding carboxylic acids is 2. The summed E-state index contributed by atoms with van der Waals surface area (Å²) >= 11 is -2.29. The predicted molar refractivity (Wildman–Crippen MR) is 111 cm³/mol. The topological polar surface area (TPSA) is 72.2 Å². The van der Waals surface area contributed by atoms with Crippen LogP contribution in [0.25, 0.3) is 11.1 Å². The Hall–Kier alpha value is -1.45. The number of nitrogens with two attached hydrogens (primary N) is 1. The SMILES string of the molecule is C[S][Sb]([CH2]c1ccc(-c2ccccc2)cc1)[C](=O)NC(C(N)=O)C(C)C. The first-order valence-corrected chi connectivity index (χ1v) is 15.9. The van der Waals surface area contributed by atoms with Gasteiger partial charge in [0.1, 0.15) is 0 Å². The van der Waals surface area contributed by atoms with Crippen molar-refractivity contribution in [2.75, 3.05) is 6.26 Å². The van der Waals surface area contributed by atoms with Crippen molar-refractivity contribution in [3.05, 3.63) is 60.2 Å². The van der Waals surface area contributed by atoms with E-state index in [0.717, 1.165) is 9.93 Å². The molecule has 138 valence electrons. The Morgan fingerprint density at radius 2 is 1.62 bits per heavy atom. The minimum atomic E-state index is -2.29. The normalized spacial score (nSPS) is 12.2. The van der Waals surface area contributed by atoms with E-state index in [9.17, 15) is 9.59 Å². The molecule has 0 saturated carbocycles. The van der Waals surface area contributed by atoms with Crippen molar-refractivity contribution in [1.82, 2.24) is 5.32 Å². The van der Waals surface area contributed by atoms with Crippen LogP contribution in [-0.2, 0) is 9.16 Å². The molecule has 1 atom stereocenters. The van der Waals surface area contributed by atoms with Gasteiger partial charge in [-0.3, -0.25) is 0 Å². The fourth-order valence-corrected chi connectivity index (χ4v) is 9.53. The minimum absolute atomic E-state index is 0.00853. The van der Waals surface area contributed by atoms with Crippen molar-refractivity contribution < 1.29 is 9.59 Å². The van der Waals surface area contributed by atoms with Crippen molar-refractivity contribution in [3.63, 3.8) is 0 Å². The van der Waals surface area contributed by atoms with Gasteiger partial charge in [0, 0.05) is 0 Å². The summed E-state index contributed by atoms with van der Waals surface area (Å²) in [6.45, 7) is 3.78. The van der Waals surface area contributed by atoms with E-state index >= 15 is 0 Å². The van der Waals surface area contributed by atoms with Crippen LogP contribution in [0.15, 0.2) is 54.6 Å². The Balaban J connectivity index is 2.05. The molecule has 0 aliphatic carbocycles. The number of rotatable bonds is 8. The molecule has 0 spiro atoms. The number of nitrogens with one attached hydrogen (secondary N) is 1. The molecule has 0 bridgehead atoms. The molecule has 0 saturated heterocycles. The second-order valence-corrected chi connectivity index (χ2v) is 17.0. The van der Waals surface area contributed by atoms with E-state index in [1.165, 1.54) is 11.1 Å². The van der Waals surface area contributed by atoms with Crippen LogP contribution in [0.2, 0.25) is 0 Å². The fraction of sp³-hybridized carbons (Fsp3) is 0.300. The average Bonchev–Trinajstić information content (AvgIpc) is 2.64. The molecule has 0 heterocycles. The van der Waals surface area contributed by atoms with Gasteiger partial charge in [0.2, 0.25) is 0 Å². The summed E-state index contributed by atoms with van der Waals surface area (Å²) in [4.78, 5) is 24.2. The number of hydrogen-bond donors (Lipinski definition) is 2. The fourth-order valence-electron chi connectivity index (χ4n) is 2.59. The van der Waals surface area contributed by atoms with Crippen LogP contribution in [0.3, 0.4) is 0 Å². The number of hydrogen-bond acceptors (Lipinski definition) is 3.